The van der Waals surface area contributed by atoms with Gasteiger partial charge in [0.2, 0.25) is 0 Å². The van der Waals surface area contributed by atoms with E-state index in [0.29, 0.717) is 10.6 Å². The van der Waals surface area contributed by atoms with Crippen LogP contribution in [0, 0.1) is 18.6 Å². The number of aliphatic hydroxyl groups is 2. The van der Waals surface area contributed by atoms with Gasteiger partial charge in [0.25, 0.3) is 5.91 Å². The lowest BCUT2D eigenvalue weighted by Gasteiger charge is -2.15. The first-order valence-electron chi connectivity index (χ1n) is 7.41. The number of aryl methyl sites for hydroxylation is 1. The van der Waals surface area contributed by atoms with Crippen molar-refractivity contribution in [2.45, 2.75) is 13.0 Å². The lowest BCUT2D eigenvalue weighted by molar-refractivity contribution is -0.0295. The predicted molar refractivity (Wildman–Crippen MR) is 90.1 cm³/mol. The molecule has 10 heteroatoms. The van der Waals surface area contributed by atoms with Crippen molar-refractivity contribution in [2.24, 2.45) is 0 Å². The van der Waals surface area contributed by atoms with Gasteiger partial charge in [-0.1, -0.05) is 11.6 Å². The van der Waals surface area contributed by atoms with Crippen LogP contribution in [0.3, 0.4) is 0 Å². The molecule has 26 heavy (non-hydrogen) atoms. The average molecular weight is 388 g/mol. The van der Waals surface area contributed by atoms with Gasteiger partial charge in [0.15, 0.2) is 11.6 Å². The molecule has 2 aromatic rings. The molecule has 1 amide bonds. The second-order valence-corrected chi connectivity index (χ2v) is 5.74. The number of hydrogen-bond donors (Lipinski definition) is 4. The summed E-state index contributed by atoms with van der Waals surface area (Å²) in [5.74, 6) is -3.13. The van der Waals surface area contributed by atoms with Gasteiger partial charge >= 0.3 is 0 Å². The SMILES string of the molecule is Cc1cc(Cl)cnc1Nc1c(C(=O)NOC[C@H](O)CO)ccc(F)c1F. The number of halogens is 3. The highest BCUT2D eigenvalue weighted by Crippen LogP contribution is 2.27. The van der Waals surface area contributed by atoms with Crippen LogP contribution in [0.15, 0.2) is 24.4 Å². The standard InChI is InChI=1S/C16H16ClF2N3O4/c1-8-4-9(17)5-20-15(8)21-14-11(2-3-12(18)13(14)19)16(25)22-26-7-10(24)6-23/h2-5,10,23-24H,6-7H2,1H3,(H,20,21)(H,22,25)/t10-/m1/s1. The van der Waals surface area contributed by atoms with E-state index in [0.717, 1.165) is 12.1 Å². The maximum Gasteiger partial charge on any atom is 0.277 e. The zero-order valence-corrected chi connectivity index (χ0v) is 14.3. The summed E-state index contributed by atoms with van der Waals surface area (Å²) in [6.07, 6.45) is 0.117. The molecule has 1 aromatic carbocycles. The van der Waals surface area contributed by atoms with Crippen molar-refractivity contribution in [3.8, 4) is 0 Å². The molecule has 1 atom stereocenters. The van der Waals surface area contributed by atoms with Crippen LogP contribution in [0.2, 0.25) is 5.02 Å². The Hall–Kier alpha value is -2.33. The molecule has 0 saturated heterocycles. The monoisotopic (exact) mass is 387 g/mol. The Morgan fingerprint density at radius 2 is 2.15 bits per heavy atom. The molecular formula is C16H16ClF2N3O4. The summed E-state index contributed by atoms with van der Waals surface area (Å²) < 4.78 is 27.9. The number of anilines is 2. The van der Waals surface area contributed by atoms with Gasteiger partial charge in [-0.2, -0.15) is 0 Å². The largest absolute Gasteiger partial charge is 0.394 e. The third-order valence-electron chi connectivity index (χ3n) is 3.28. The van der Waals surface area contributed by atoms with Crippen LogP contribution in [-0.4, -0.2) is 40.4 Å². The molecule has 0 aliphatic heterocycles. The number of aliphatic hydroxyl groups excluding tert-OH is 2. The number of hydrogen-bond acceptors (Lipinski definition) is 6. The van der Waals surface area contributed by atoms with Gasteiger partial charge in [0.1, 0.15) is 18.5 Å². The van der Waals surface area contributed by atoms with Gasteiger partial charge < -0.3 is 15.5 Å². The lowest BCUT2D eigenvalue weighted by Crippen LogP contribution is -2.30. The zero-order chi connectivity index (χ0) is 19.3. The highest BCUT2D eigenvalue weighted by Gasteiger charge is 2.20. The Morgan fingerprint density at radius 1 is 1.42 bits per heavy atom. The van der Waals surface area contributed by atoms with Crippen LogP contribution >= 0.6 is 11.6 Å². The molecule has 0 aliphatic rings. The van der Waals surface area contributed by atoms with Crippen LogP contribution in [-0.2, 0) is 4.84 Å². The summed E-state index contributed by atoms with van der Waals surface area (Å²) in [5.41, 5.74) is 1.84. The van der Waals surface area contributed by atoms with Gasteiger partial charge in [-0.3, -0.25) is 9.63 Å². The van der Waals surface area contributed by atoms with Crippen molar-refractivity contribution in [3.05, 3.63) is 52.2 Å². The van der Waals surface area contributed by atoms with Crippen LogP contribution in [0.5, 0.6) is 0 Å². The summed E-state index contributed by atoms with van der Waals surface area (Å²) in [7, 11) is 0. The molecule has 0 radical (unpaired) electrons. The van der Waals surface area contributed by atoms with E-state index in [4.69, 9.17) is 26.7 Å². The van der Waals surface area contributed by atoms with Gasteiger partial charge in [0, 0.05) is 6.20 Å². The molecule has 0 saturated carbocycles. The number of rotatable bonds is 7. The number of nitrogens with one attached hydrogen (secondary N) is 2. The van der Waals surface area contributed by atoms with Gasteiger partial charge in [0.05, 0.1) is 22.9 Å². The maximum atomic E-state index is 14.2. The van der Waals surface area contributed by atoms with E-state index in [1.165, 1.54) is 6.20 Å². The Kier molecular flexibility index (Phi) is 6.81. The molecule has 7 nitrogen and oxygen atoms in total. The van der Waals surface area contributed by atoms with E-state index >= 15 is 0 Å². The van der Waals surface area contributed by atoms with E-state index in [1.54, 1.807) is 13.0 Å². The molecule has 2 rings (SSSR count). The Bertz CT molecular complexity index is 807. The first-order valence-corrected chi connectivity index (χ1v) is 7.79. The fraction of sp³-hybridized carbons (Fsp3) is 0.250. The molecule has 1 heterocycles. The highest BCUT2D eigenvalue weighted by atomic mass is 35.5. The number of nitrogens with zero attached hydrogens (tertiary/aromatic N) is 1. The Balaban J connectivity index is 2.27. The summed E-state index contributed by atoms with van der Waals surface area (Å²) in [6, 6.07) is 3.42. The van der Waals surface area contributed by atoms with Crippen molar-refractivity contribution in [2.75, 3.05) is 18.5 Å². The van der Waals surface area contributed by atoms with Crippen molar-refractivity contribution < 1.29 is 28.6 Å². The molecular weight excluding hydrogens is 372 g/mol. The molecule has 0 unspecified atom stereocenters. The van der Waals surface area contributed by atoms with E-state index in [9.17, 15) is 13.6 Å². The topological polar surface area (TPSA) is 104 Å². The number of hydroxylamine groups is 1. The highest BCUT2D eigenvalue weighted by molar-refractivity contribution is 6.30. The van der Waals surface area contributed by atoms with Crippen LogP contribution in [0.4, 0.5) is 20.3 Å². The zero-order valence-electron chi connectivity index (χ0n) is 13.6. The first-order chi connectivity index (χ1) is 12.3. The van der Waals surface area contributed by atoms with E-state index < -0.39 is 35.9 Å². The lowest BCUT2D eigenvalue weighted by atomic mass is 10.1. The van der Waals surface area contributed by atoms with Crippen LogP contribution in [0.1, 0.15) is 15.9 Å². The van der Waals surface area contributed by atoms with E-state index in [1.807, 2.05) is 5.48 Å². The Labute approximate surface area is 152 Å². The molecule has 140 valence electrons. The number of carbonyl (C=O) groups excluding carboxylic acids is 1. The second-order valence-electron chi connectivity index (χ2n) is 5.31. The van der Waals surface area contributed by atoms with Gasteiger partial charge in [-0.25, -0.2) is 19.2 Å². The van der Waals surface area contributed by atoms with E-state index in [2.05, 4.69) is 10.3 Å². The van der Waals surface area contributed by atoms with Gasteiger partial charge in [-0.15, -0.1) is 0 Å². The summed E-state index contributed by atoms with van der Waals surface area (Å²) in [5, 5.41) is 20.8. The summed E-state index contributed by atoms with van der Waals surface area (Å²) >= 11 is 5.81. The summed E-state index contributed by atoms with van der Waals surface area (Å²) in [4.78, 5) is 20.9. The Morgan fingerprint density at radius 3 is 2.81 bits per heavy atom. The third kappa shape index (κ3) is 4.85. The van der Waals surface area contributed by atoms with Crippen molar-refractivity contribution in [3.63, 3.8) is 0 Å². The van der Waals surface area contributed by atoms with Crippen molar-refractivity contribution >= 4 is 29.0 Å². The number of aromatic nitrogens is 1. The molecule has 4 N–H and O–H groups in total. The molecule has 0 fully saturated rings. The predicted octanol–water partition coefficient (Wildman–Crippen LogP) is 2.08. The first kappa shape index (κ1) is 20.0. The van der Waals surface area contributed by atoms with E-state index in [-0.39, 0.29) is 18.0 Å². The minimum absolute atomic E-state index is 0.185. The third-order valence-corrected chi connectivity index (χ3v) is 3.49. The minimum atomic E-state index is -1.27. The number of benzene rings is 1. The fourth-order valence-corrected chi connectivity index (χ4v) is 2.18. The quantitative estimate of drug-likeness (QED) is 0.542. The second kappa shape index (κ2) is 8.86. The normalized spacial score (nSPS) is 11.9. The number of carbonyl (C=O) groups is 1. The molecule has 0 bridgehead atoms. The number of amides is 1. The van der Waals surface area contributed by atoms with Gasteiger partial charge in [-0.05, 0) is 30.7 Å². The summed E-state index contributed by atoms with van der Waals surface area (Å²) in [6.45, 7) is 0.708. The van der Waals surface area contributed by atoms with Crippen LogP contribution in [0.25, 0.3) is 0 Å². The molecule has 1 aromatic heterocycles. The minimum Gasteiger partial charge on any atom is -0.394 e. The van der Waals surface area contributed by atoms with Crippen molar-refractivity contribution in [1.82, 2.24) is 10.5 Å². The molecule has 0 spiro atoms. The number of pyridine rings is 1. The molecule has 0 aliphatic carbocycles. The maximum absolute atomic E-state index is 14.2. The fourth-order valence-electron chi connectivity index (χ4n) is 1.96. The smallest absolute Gasteiger partial charge is 0.277 e. The van der Waals surface area contributed by atoms with Crippen LogP contribution < -0.4 is 10.8 Å². The average Bonchev–Trinajstić information content (AvgIpc) is 2.60. The van der Waals surface area contributed by atoms with Crippen molar-refractivity contribution in [1.29, 1.82) is 0 Å².